The Labute approximate surface area is 163 Å². The average Bonchev–Trinajstić information content (AvgIpc) is 2.65. The number of nitrogens with two attached hydrogens (primary N) is 1. The molecular weight excluding hydrogens is 423 g/mol. The van der Waals surface area contributed by atoms with Gasteiger partial charge in [0.15, 0.2) is 5.69 Å². The summed E-state index contributed by atoms with van der Waals surface area (Å²) < 4.78 is 101. The minimum Gasteiger partial charge on any atom is -0.437 e. The molecule has 0 unspecified atom stereocenters. The van der Waals surface area contributed by atoms with Crippen LogP contribution < -0.4 is 15.2 Å². The second-order valence-corrected chi connectivity index (χ2v) is 5.74. The third-order valence-electron chi connectivity index (χ3n) is 3.67. The molecule has 5 nitrogen and oxygen atoms in total. The fourth-order valence-electron chi connectivity index (χ4n) is 2.32. The Bertz CT molecular complexity index is 1070. The molecule has 158 valence electrons. The molecule has 3 aromatic rings. The first kappa shape index (κ1) is 21.1. The monoisotopic (exact) mass is 433 g/mol. The molecule has 1 heterocycles. The van der Waals surface area contributed by atoms with Crippen LogP contribution in [0.3, 0.4) is 0 Å². The Morgan fingerprint density at radius 3 is 2.00 bits per heavy atom. The second kappa shape index (κ2) is 7.69. The number of para-hydroxylation sites is 1. The molecule has 0 aliphatic carbocycles. The number of nitrogens with zero attached hydrogens (tertiary/aromatic N) is 2. The summed E-state index contributed by atoms with van der Waals surface area (Å²) in [7, 11) is 0. The molecule has 30 heavy (non-hydrogen) atoms. The molecule has 0 bridgehead atoms. The Balaban J connectivity index is 1.92. The minimum absolute atomic E-state index is 0.385. The summed E-state index contributed by atoms with van der Waals surface area (Å²) in [6.45, 7) is 0. The van der Waals surface area contributed by atoms with Crippen molar-refractivity contribution in [3.05, 3.63) is 65.7 Å². The lowest BCUT2D eigenvalue weighted by atomic mass is 10.2. The van der Waals surface area contributed by atoms with Crippen LogP contribution in [-0.4, -0.2) is 9.97 Å². The van der Waals surface area contributed by atoms with E-state index >= 15 is 0 Å². The Hall–Kier alpha value is -3.57. The summed E-state index contributed by atoms with van der Waals surface area (Å²) in [4.78, 5) is 7.25. The van der Waals surface area contributed by atoms with Gasteiger partial charge in [-0.05, 0) is 30.3 Å². The molecule has 0 aliphatic rings. The predicted molar refractivity (Wildman–Crippen MR) is 89.4 cm³/mol. The smallest absolute Gasteiger partial charge is 0.419 e. The van der Waals surface area contributed by atoms with Crippen molar-refractivity contribution in [1.82, 2.24) is 9.97 Å². The Morgan fingerprint density at radius 1 is 0.767 bits per heavy atom. The lowest BCUT2D eigenvalue weighted by Gasteiger charge is -2.15. The zero-order chi connectivity index (χ0) is 22.1. The molecule has 0 radical (unpaired) electrons. The highest BCUT2D eigenvalue weighted by molar-refractivity contribution is 5.58. The van der Waals surface area contributed by atoms with E-state index in [2.05, 4.69) is 9.97 Å². The number of benzene rings is 2. The number of nitrogen functional groups attached to an aromatic ring is 1. The van der Waals surface area contributed by atoms with E-state index in [1.807, 2.05) is 0 Å². The van der Waals surface area contributed by atoms with Gasteiger partial charge in [-0.15, -0.1) is 0 Å². The fourth-order valence-corrected chi connectivity index (χ4v) is 2.32. The normalized spacial score (nSPS) is 12.0. The van der Waals surface area contributed by atoms with Gasteiger partial charge in [0.05, 0.1) is 11.1 Å². The second-order valence-electron chi connectivity index (χ2n) is 5.74. The van der Waals surface area contributed by atoms with Crippen molar-refractivity contribution < 1.29 is 40.2 Å². The van der Waals surface area contributed by atoms with E-state index in [0.29, 0.717) is 12.1 Å². The summed E-state index contributed by atoms with van der Waals surface area (Å²) >= 11 is 0. The van der Waals surface area contributed by atoms with Crippen LogP contribution in [0.1, 0.15) is 11.1 Å². The van der Waals surface area contributed by atoms with Gasteiger partial charge in [-0.1, -0.05) is 12.1 Å². The molecule has 2 N–H and O–H groups in total. The van der Waals surface area contributed by atoms with Crippen LogP contribution in [0.5, 0.6) is 23.3 Å². The van der Waals surface area contributed by atoms with Crippen molar-refractivity contribution in [3.63, 3.8) is 0 Å². The van der Waals surface area contributed by atoms with Gasteiger partial charge in [0.25, 0.3) is 0 Å². The summed E-state index contributed by atoms with van der Waals surface area (Å²) in [6, 6.07) is 6.06. The maximum atomic E-state index is 13.4. The molecule has 1 aromatic heterocycles. The molecule has 3 rings (SSSR count). The third-order valence-corrected chi connectivity index (χ3v) is 3.67. The van der Waals surface area contributed by atoms with Gasteiger partial charge < -0.3 is 15.2 Å². The summed E-state index contributed by atoms with van der Waals surface area (Å²) in [6.07, 6.45) is -8.87. The SMILES string of the molecule is Nc1c(Oc2ccc(F)c(C(F)(F)F)c2)ncnc1Oc1ccccc1C(F)(F)F. The zero-order valence-corrected chi connectivity index (χ0v) is 14.6. The number of aromatic nitrogens is 2. The number of ether oxygens (including phenoxy) is 2. The highest BCUT2D eigenvalue weighted by atomic mass is 19.4. The average molecular weight is 433 g/mol. The largest absolute Gasteiger partial charge is 0.437 e. The van der Waals surface area contributed by atoms with Crippen molar-refractivity contribution in [1.29, 1.82) is 0 Å². The first-order chi connectivity index (χ1) is 14.0. The summed E-state index contributed by atoms with van der Waals surface area (Å²) in [5.41, 5.74) is 2.58. The number of anilines is 1. The van der Waals surface area contributed by atoms with E-state index < -0.39 is 58.2 Å². The van der Waals surface area contributed by atoms with E-state index in [1.54, 1.807) is 0 Å². The quantitative estimate of drug-likeness (QED) is 0.525. The van der Waals surface area contributed by atoms with Crippen LogP contribution in [0.4, 0.5) is 36.4 Å². The van der Waals surface area contributed by atoms with Crippen LogP contribution in [0.15, 0.2) is 48.8 Å². The molecule has 0 saturated carbocycles. The van der Waals surface area contributed by atoms with Gasteiger partial charge in [-0.2, -0.15) is 36.3 Å². The van der Waals surface area contributed by atoms with E-state index in [-0.39, 0.29) is 0 Å². The topological polar surface area (TPSA) is 70.3 Å². The molecule has 0 fully saturated rings. The number of rotatable bonds is 4. The van der Waals surface area contributed by atoms with E-state index in [0.717, 1.165) is 30.6 Å². The van der Waals surface area contributed by atoms with Gasteiger partial charge in [-0.3, -0.25) is 0 Å². The number of halogens is 7. The van der Waals surface area contributed by atoms with Crippen LogP contribution in [0.2, 0.25) is 0 Å². The van der Waals surface area contributed by atoms with Crippen molar-refractivity contribution in [3.8, 4) is 23.3 Å². The lowest BCUT2D eigenvalue weighted by Crippen LogP contribution is -2.09. The molecule has 0 saturated heterocycles. The van der Waals surface area contributed by atoms with Crippen LogP contribution in [-0.2, 0) is 12.4 Å². The van der Waals surface area contributed by atoms with Crippen LogP contribution in [0, 0.1) is 5.82 Å². The van der Waals surface area contributed by atoms with Gasteiger partial charge in [0.2, 0.25) is 11.8 Å². The Morgan fingerprint density at radius 2 is 1.37 bits per heavy atom. The number of hydrogen-bond acceptors (Lipinski definition) is 5. The molecule has 2 aromatic carbocycles. The highest BCUT2D eigenvalue weighted by Crippen LogP contribution is 2.40. The maximum absolute atomic E-state index is 13.4. The van der Waals surface area contributed by atoms with Gasteiger partial charge >= 0.3 is 12.4 Å². The molecular formula is C18H10F7N3O2. The van der Waals surface area contributed by atoms with Crippen LogP contribution in [0.25, 0.3) is 0 Å². The van der Waals surface area contributed by atoms with E-state index in [9.17, 15) is 30.7 Å². The first-order valence-corrected chi connectivity index (χ1v) is 7.96. The maximum Gasteiger partial charge on any atom is 0.419 e. The zero-order valence-electron chi connectivity index (χ0n) is 14.6. The number of alkyl halides is 6. The third kappa shape index (κ3) is 4.53. The standard InChI is InChI=1S/C18H10F7N3O2/c19-12-6-5-9(7-11(12)18(23,24)25)29-15-14(26)16(28-8-27-15)30-13-4-2-1-3-10(13)17(20,21)22/h1-8H,26H2. The van der Waals surface area contributed by atoms with E-state index in [1.165, 1.54) is 6.07 Å². The van der Waals surface area contributed by atoms with Gasteiger partial charge in [0.1, 0.15) is 23.6 Å². The molecule has 0 aliphatic heterocycles. The lowest BCUT2D eigenvalue weighted by molar-refractivity contribution is -0.140. The summed E-state index contributed by atoms with van der Waals surface area (Å²) in [5.74, 6) is -3.60. The Kier molecular flexibility index (Phi) is 5.42. The van der Waals surface area contributed by atoms with Gasteiger partial charge in [-0.25, -0.2) is 4.39 Å². The molecule has 0 amide bonds. The highest BCUT2D eigenvalue weighted by Gasteiger charge is 2.35. The molecule has 0 atom stereocenters. The number of hydrogen-bond donors (Lipinski definition) is 1. The first-order valence-electron chi connectivity index (χ1n) is 7.96. The minimum atomic E-state index is -4.98. The summed E-state index contributed by atoms with van der Waals surface area (Å²) in [5, 5.41) is 0. The molecule has 12 heteroatoms. The fraction of sp³-hybridized carbons (Fsp3) is 0.111. The van der Waals surface area contributed by atoms with Crippen molar-refractivity contribution in [2.45, 2.75) is 12.4 Å². The predicted octanol–water partition coefficient (Wildman–Crippen LogP) is 5.82. The van der Waals surface area contributed by atoms with Crippen LogP contribution >= 0.6 is 0 Å². The molecule has 0 spiro atoms. The van der Waals surface area contributed by atoms with Crippen molar-refractivity contribution in [2.75, 3.05) is 5.73 Å². The van der Waals surface area contributed by atoms with Gasteiger partial charge in [0, 0.05) is 0 Å². The van der Waals surface area contributed by atoms with Crippen molar-refractivity contribution >= 4 is 5.69 Å². The van der Waals surface area contributed by atoms with Crippen molar-refractivity contribution in [2.24, 2.45) is 0 Å². The van der Waals surface area contributed by atoms with E-state index in [4.69, 9.17) is 15.2 Å².